The molecule has 0 unspecified atom stereocenters. The molecule has 54 valence electrons. The maximum absolute atomic E-state index is 10.4. The summed E-state index contributed by atoms with van der Waals surface area (Å²) >= 11 is 0. The zero-order valence-electron chi connectivity index (χ0n) is 4.64. The molecule has 1 rings (SSSR count). The number of aromatic nitrogens is 3. The molecule has 8 heteroatoms. The van der Waals surface area contributed by atoms with E-state index in [1.807, 2.05) is 4.98 Å². The van der Waals surface area contributed by atoms with E-state index in [0.717, 1.165) is 0 Å². The summed E-state index contributed by atoms with van der Waals surface area (Å²) in [6.07, 6.45) is 0. The number of H-pyrrole nitrogens is 1. The van der Waals surface area contributed by atoms with Gasteiger partial charge in [0.25, 0.3) is 0 Å². The molecule has 0 saturated carbocycles. The van der Waals surface area contributed by atoms with E-state index in [2.05, 4.69) is 5.10 Å². The lowest BCUT2D eigenvalue weighted by atomic mass is 11.1. The van der Waals surface area contributed by atoms with Crippen LogP contribution in [0.4, 0.5) is 5.95 Å². The summed E-state index contributed by atoms with van der Waals surface area (Å²) in [6, 6.07) is 0. The molecule has 3 N–H and O–H groups in total. The topological polar surface area (TPSA) is 120 Å². The van der Waals surface area contributed by atoms with E-state index >= 15 is 0 Å². The fourth-order valence-corrected chi connectivity index (χ4v) is 0.408. The van der Waals surface area contributed by atoms with Gasteiger partial charge in [-0.15, -0.1) is 0 Å². The molecule has 0 amide bonds. The van der Waals surface area contributed by atoms with Crippen LogP contribution in [-0.2, 0) is 0 Å². The van der Waals surface area contributed by atoms with Crippen LogP contribution in [-0.4, -0.2) is 19.8 Å². The van der Waals surface area contributed by atoms with Gasteiger partial charge in [0.1, 0.15) is 0 Å². The third-order valence-electron chi connectivity index (χ3n) is 0.802. The fourth-order valence-electron chi connectivity index (χ4n) is 0.408. The number of hydrogen-bond donors (Lipinski definition) is 2. The highest BCUT2D eigenvalue weighted by atomic mass is 16.6. The van der Waals surface area contributed by atoms with E-state index in [-0.39, 0.29) is 0 Å². The summed E-state index contributed by atoms with van der Waals surface area (Å²) in [4.78, 5) is 21.6. The molecule has 0 aliphatic rings. The monoisotopic (exact) mass is 145 g/mol. The Hall–Kier alpha value is -1.86. The fraction of sp³-hybridized carbons (Fsp3) is 0. The molecule has 1 heterocycles. The highest BCUT2D eigenvalue weighted by Crippen LogP contribution is 1.92. The average molecular weight is 145 g/mol. The van der Waals surface area contributed by atoms with Crippen LogP contribution in [0.15, 0.2) is 4.79 Å². The number of nitro groups is 1. The zero-order valence-corrected chi connectivity index (χ0v) is 4.64. The lowest BCUT2D eigenvalue weighted by Gasteiger charge is -1.82. The van der Waals surface area contributed by atoms with Gasteiger partial charge in [-0.25, -0.2) is 4.79 Å². The second-order valence-corrected chi connectivity index (χ2v) is 1.46. The highest BCUT2D eigenvalue weighted by molar-refractivity contribution is 4.96. The molecule has 1 aromatic rings. The van der Waals surface area contributed by atoms with Gasteiger partial charge in [-0.1, -0.05) is 0 Å². The Morgan fingerprint density at radius 2 is 2.40 bits per heavy atom. The Labute approximate surface area is 53.4 Å². The van der Waals surface area contributed by atoms with Gasteiger partial charge in [-0.3, -0.25) is 0 Å². The molecule has 8 nitrogen and oxygen atoms in total. The summed E-state index contributed by atoms with van der Waals surface area (Å²) in [5.41, 5.74) is -0.813. The maximum atomic E-state index is 10.4. The Bertz CT molecular complexity index is 309. The van der Waals surface area contributed by atoms with Crippen LogP contribution in [0.1, 0.15) is 0 Å². The van der Waals surface area contributed by atoms with E-state index < -0.39 is 16.6 Å². The van der Waals surface area contributed by atoms with E-state index in [1.54, 1.807) is 0 Å². The second-order valence-electron chi connectivity index (χ2n) is 1.46. The lowest BCUT2D eigenvalue weighted by Crippen LogP contribution is -2.25. The molecular formula is C2H3N5O3. The van der Waals surface area contributed by atoms with E-state index in [4.69, 9.17) is 5.84 Å². The van der Waals surface area contributed by atoms with Gasteiger partial charge in [-0.05, 0) is 9.71 Å². The van der Waals surface area contributed by atoms with Crippen molar-refractivity contribution in [1.29, 1.82) is 0 Å². The molecule has 0 radical (unpaired) electrons. The standard InChI is InChI=1S/C2H3N5O3/c3-6-2(8)4-1(5-6)7(9)10/h3H2,(H,4,5,8). The van der Waals surface area contributed by atoms with Crippen LogP contribution in [0.25, 0.3) is 0 Å². The molecule has 0 bridgehead atoms. The first-order valence-corrected chi connectivity index (χ1v) is 2.20. The number of hydrogen-bond acceptors (Lipinski definition) is 5. The van der Waals surface area contributed by atoms with E-state index in [1.165, 1.54) is 0 Å². The Balaban J connectivity index is 3.23. The van der Waals surface area contributed by atoms with Crippen molar-refractivity contribution in [2.45, 2.75) is 0 Å². The minimum atomic E-state index is -0.842. The molecule has 0 aliphatic heterocycles. The lowest BCUT2D eigenvalue weighted by molar-refractivity contribution is -0.394. The molecule has 10 heavy (non-hydrogen) atoms. The number of nitrogens with two attached hydrogens (primary N) is 1. The quantitative estimate of drug-likeness (QED) is 0.274. The number of rotatable bonds is 1. The van der Waals surface area contributed by atoms with Gasteiger partial charge in [0.05, 0.1) is 5.10 Å². The van der Waals surface area contributed by atoms with Crippen LogP contribution in [0.3, 0.4) is 0 Å². The van der Waals surface area contributed by atoms with Crippen molar-refractivity contribution in [3.63, 3.8) is 0 Å². The first-order valence-electron chi connectivity index (χ1n) is 2.20. The first-order chi connectivity index (χ1) is 4.61. The second kappa shape index (κ2) is 1.83. The van der Waals surface area contributed by atoms with Crippen molar-refractivity contribution in [2.75, 3.05) is 5.84 Å². The number of nitrogens with zero attached hydrogens (tertiary/aromatic N) is 3. The number of nitrogen functional groups attached to an aromatic ring is 1. The van der Waals surface area contributed by atoms with Crippen LogP contribution in [0, 0.1) is 10.1 Å². The minimum absolute atomic E-state index is 0.359. The van der Waals surface area contributed by atoms with Crippen LogP contribution < -0.4 is 11.5 Å². The van der Waals surface area contributed by atoms with Crippen molar-refractivity contribution >= 4 is 5.95 Å². The molecule has 0 atom stereocenters. The number of nitrogens with one attached hydrogen (secondary N) is 1. The largest absolute Gasteiger partial charge is 0.459 e. The third-order valence-corrected chi connectivity index (χ3v) is 0.802. The van der Waals surface area contributed by atoms with E-state index in [9.17, 15) is 14.9 Å². The molecule has 1 aromatic heterocycles. The summed E-state index contributed by atoms with van der Waals surface area (Å²) in [5, 5.41) is 12.9. The van der Waals surface area contributed by atoms with Gasteiger partial charge < -0.3 is 16.0 Å². The minimum Gasteiger partial charge on any atom is -0.390 e. The van der Waals surface area contributed by atoms with Gasteiger partial charge in [0.2, 0.25) is 0 Å². The highest BCUT2D eigenvalue weighted by Gasteiger charge is 2.12. The van der Waals surface area contributed by atoms with Crippen molar-refractivity contribution < 1.29 is 4.92 Å². The van der Waals surface area contributed by atoms with Gasteiger partial charge in [-0.2, -0.15) is 4.98 Å². The number of aromatic amines is 1. The molecule has 0 aromatic carbocycles. The summed E-state index contributed by atoms with van der Waals surface area (Å²) in [7, 11) is 0. The predicted molar refractivity (Wildman–Crippen MR) is 29.7 cm³/mol. The molecule has 0 spiro atoms. The predicted octanol–water partition coefficient (Wildman–Crippen LogP) is -1.81. The average Bonchev–Trinajstić information content (AvgIpc) is 2.13. The zero-order chi connectivity index (χ0) is 7.72. The first kappa shape index (κ1) is 6.26. The normalized spacial score (nSPS) is 9.60. The van der Waals surface area contributed by atoms with Gasteiger partial charge >= 0.3 is 11.6 Å². The molecule has 0 fully saturated rings. The smallest absolute Gasteiger partial charge is 0.390 e. The van der Waals surface area contributed by atoms with Crippen molar-refractivity contribution in [2.24, 2.45) is 0 Å². The van der Waals surface area contributed by atoms with Crippen LogP contribution in [0.2, 0.25) is 0 Å². The maximum Gasteiger partial charge on any atom is 0.459 e. The molecule has 0 saturated heterocycles. The summed E-state index contributed by atoms with van der Waals surface area (Å²) in [5.74, 6) is 4.18. The van der Waals surface area contributed by atoms with Gasteiger partial charge in [0.15, 0.2) is 0 Å². The SMILES string of the molecule is Nn1nc([N+](=O)[O-])[nH]c1=O. The van der Waals surface area contributed by atoms with Crippen molar-refractivity contribution in [3.05, 3.63) is 20.6 Å². The summed E-state index contributed by atoms with van der Waals surface area (Å²) < 4.78 is 0. The summed E-state index contributed by atoms with van der Waals surface area (Å²) in [6.45, 7) is 0. The Morgan fingerprint density at radius 3 is 2.60 bits per heavy atom. The molecular weight excluding hydrogens is 142 g/mol. The molecule has 0 aliphatic carbocycles. The third kappa shape index (κ3) is 0.811. The van der Waals surface area contributed by atoms with Crippen LogP contribution >= 0.6 is 0 Å². The van der Waals surface area contributed by atoms with Crippen LogP contribution in [0.5, 0.6) is 0 Å². The van der Waals surface area contributed by atoms with E-state index in [0.29, 0.717) is 4.79 Å². The van der Waals surface area contributed by atoms with Crippen molar-refractivity contribution in [1.82, 2.24) is 14.9 Å². The van der Waals surface area contributed by atoms with Gasteiger partial charge in [0, 0.05) is 0 Å². The Kier molecular flexibility index (Phi) is 1.14. The Morgan fingerprint density at radius 1 is 1.80 bits per heavy atom. The van der Waals surface area contributed by atoms with Crippen molar-refractivity contribution in [3.8, 4) is 0 Å².